The fraction of sp³-hybridized carbons (Fsp3) is 0.524. The zero-order valence-electron chi connectivity index (χ0n) is 17.3. The molecule has 5 nitrogen and oxygen atoms in total. The van der Waals surface area contributed by atoms with Gasteiger partial charge in [0, 0.05) is 12.6 Å². The quantitative estimate of drug-likeness (QED) is 0.721. The number of rotatable bonds is 3. The minimum absolute atomic E-state index is 0.0113. The number of halogens is 2. The van der Waals surface area contributed by atoms with Crippen LogP contribution in [0, 0.1) is 11.6 Å². The van der Waals surface area contributed by atoms with E-state index < -0.39 is 34.4 Å². The van der Waals surface area contributed by atoms with Crippen molar-refractivity contribution in [1.29, 1.82) is 0 Å². The van der Waals surface area contributed by atoms with E-state index in [0.717, 1.165) is 6.07 Å². The lowest BCUT2D eigenvalue weighted by molar-refractivity contribution is -0.160. The molecule has 1 aliphatic heterocycles. The minimum Gasteiger partial charge on any atom is -0.444 e. The van der Waals surface area contributed by atoms with Crippen LogP contribution in [-0.4, -0.2) is 46.0 Å². The van der Waals surface area contributed by atoms with Crippen molar-refractivity contribution in [2.75, 3.05) is 13.1 Å². The van der Waals surface area contributed by atoms with Gasteiger partial charge < -0.3 is 9.64 Å². The number of carbonyl (C=O) groups excluding carboxylic acids is 2. The van der Waals surface area contributed by atoms with Crippen molar-refractivity contribution in [1.82, 2.24) is 9.80 Å². The van der Waals surface area contributed by atoms with E-state index in [4.69, 9.17) is 4.74 Å². The number of nitrogens with zero attached hydrogens (tertiary/aromatic N) is 2. The van der Waals surface area contributed by atoms with Crippen LogP contribution in [0.5, 0.6) is 0 Å². The average Bonchev–Trinajstić information content (AvgIpc) is 2.52. The van der Waals surface area contributed by atoms with Gasteiger partial charge in [-0.15, -0.1) is 6.58 Å². The Balaban J connectivity index is 2.60. The van der Waals surface area contributed by atoms with Crippen LogP contribution in [0.4, 0.5) is 13.6 Å². The molecule has 1 aliphatic rings. The molecule has 2 rings (SSSR count). The Morgan fingerprint density at radius 1 is 1.21 bits per heavy atom. The van der Waals surface area contributed by atoms with Crippen molar-refractivity contribution in [3.05, 3.63) is 48.1 Å². The summed E-state index contributed by atoms with van der Waals surface area (Å²) >= 11 is 0. The first-order chi connectivity index (χ1) is 12.7. The van der Waals surface area contributed by atoms with E-state index in [9.17, 15) is 18.4 Å². The molecule has 0 aromatic heterocycles. The smallest absolute Gasteiger partial charge is 0.411 e. The zero-order valence-corrected chi connectivity index (χ0v) is 17.3. The highest BCUT2D eigenvalue weighted by Crippen LogP contribution is 2.39. The number of piperazine rings is 1. The van der Waals surface area contributed by atoms with E-state index >= 15 is 0 Å². The Hall–Kier alpha value is -2.44. The topological polar surface area (TPSA) is 49.9 Å². The van der Waals surface area contributed by atoms with Gasteiger partial charge in [0.1, 0.15) is 22.8 Å². The SMILES string of the molecule is C=CCN1C(=O)C(C)(C)N(C(=O)OC(C)(C)C)C[C@@]1(C)c1cc(F)cc(F)c1. The molecule has 1 aromatic rings. The van der Waals surface area contributed by atoms with Crippen LogP contribution in [0.25, 0.3) is 0 Å². The van der Waals surface area contributed by atoms with Crippen LogP contribution in [0.1, 0.15) is 47.1 Å². The Kier molecular flexibility index (Phi) is 5.61. The molecule has 1 aromatic carbocycles. The van der Waals surface area contributed by atoms with Crippen molar-refractivity contribution in [2.24, 2.45) is 0 Å². The summed E-state index contributed by atoms with van der Waals surface area (Å²) in [6, 6.07) is 3.13. The second-order valence-electron chi connectivity index (χ2n) is 8.76. The third-order valence-corrected chi connectivity index (χ3v) is 4.92. The normalized spacial score (nSPS) is 22.2. The third kappa shape index (κ3) is 4.03. The summed E-state index contributed by atoms with van der Waals surface area (Å²) in [6.07, 6.45) is 0.887. The minimum atomic E-state index is -1.20. The summed E-state index contributed by atoms with van der Waals surface area (Å²) in [6.45, 7) is 14.0. The number of carbonyl (C=O) groups is 2. The summed E-state index contributed by atoms with van der Waals surface area (Å²) in [5.41, 5.74) is -2.86. The van der Waals surface area contributed by atoms with Crippen molar-refractivity contribution in [2.45, 2.75) is 58.2 Å². The van der Waals surface area contributed by atoms with Gasteiger partial charge in [-0.1, -0.05) is 6.08 Å². The molecule has 154 valence electrons. The molecule has 0 spiro atoms. The molecule has 28 heavy (non-hydrogen) atoms. The van der Waals surface area contributed by atoms with Gasteiger partial charge in [0.2, 0.25) is 5.91 Å². The largest absolute Gasteiger partial charge is 0.444 e. The standard InChI is InChI=1S/C21H28F2N2O3/c1-8-9-24-17(26)20(5,6)25(18(27)28-19(2,3)4)13-21(24,7)14-10-15(22)12-16(23)11-14/h8,10-12H,1,9,13H2,2-7H3/t21-/m0/s1. The molecule has 1 saturated heterocycles. The number of hydrogen-bond donors (Lipinski definition) is 0. The summed E-state index contributed by atoms with van der Waals surface area (Å²) in [5, 5.41) is 0. The molecule has 7 heteroatoms. The van der Waals surface area contributed by atoms with Gasteiger partial charge in [-0.2, -0.15) is 0 Å². The first kappa shape index (κ1) is 21.9. The van der Waals surface area contributed by atoms with E-state index in [-0.39, 0.29) is 24.6 Å². The second kappa shape index (κ2) is 7.18. The maximum Gasteiger partial charge on any atom is 0.411 e. The molecule has 1 atom stereocenters. The monoisotopic (exact) mass is 394 g/mol. The van der Waals surface area contributed by atoms with Crippen LogP contribution >= 0.6 is 0 Å². The fourth-order valence-corrected chi connectivity index (χ4v) is 3.40. The Morgan fingerprint density at radius 3 is 2.21 bits per heavy atom. The first-order valence-corrected chi connectivity index (χ1v) is 9.12. The summed E-state index contributed by atoms with van der Waals surface area (Å²) in [4.78, 5) is 29.0. The van der Waals surface area contributed by atoms with Gasteiger partial charge >= 0.3 is 6.09 Å². The Bertz CT molecular complexity index is 781. The number of ether oxygens (including phenoxy) is 1. The highest BCUT2D eigenvalue weighted by molar-refractivity contribution is 5.91. The molecule has 0 aliphatic carbocycles. The molecule has 2 amide bonds. The van der Waals surface area contributed by atoms with Gasteiger partial charge in [0.15, 0.2) is 0 Å². The molecule has 1 fully saturated rings. The van der Waals surface area contributed by atoms with Crippen molar-refractivity contribution < 1.29 is 23.1 Å². The zero-order chi connectivity index (χ0) is 21.5. The van der Waals surface area contributed by atoms with Crippen molar-refractivity contribution >= 4 is 12.0 Å². The van der Waals surface area contributed by atoms with Crippen LogP contribution < -0.4 is 0 Å². The molecule has 0 unspecified atom stereocenters. The highest BCUT2D eigenvalue weighted by Gasteiger charge is 2.54. The van der Waals surface area contributed by atoms with Crippen LogP contribution in [0.15, 0.2) is 30.9 Å². The lowest BCUT2D eigenvalue weighted by atomic mass is 9.82. The molecule has 0 bridgehead atoms. The van der Waals surface area contributed by atoms with Crippen LogP contribution in [-0.2, 0) is 15.1 Å². The molecule has 0 radical (unpaired) electrons. The molecule has 1 heterocycles. The Morgan fingerprint density at radius 2 is 1.75 bits per heavy atom. The average molecular weight is 394 g/mol. The van der Waals surface area contributed by atoms with Gasteiger partial charge in [-0.25, -0.2) is 13.6 Å². The highest BCUT2D eigenvalue weighted by atomic mass is 19.1. The lowest BCUT2D eigenvalue weighted by Gasteiger charge is -2.55. The van der Waals surface area contributed by atoms with Gasteiger partial charge in [0.25, 0.3) is 0 Å². The fourth-order valence-electron chi connectivity index (χ4n) is 3.40. The first-order valence-electron chi connectivity index (χ1n) is 9.12. The van der Waals surface area contributed by atoms with Crippen LogP contribution in [0.3, 0.4) is 0 Å². The number of hydrogen-bond acceptors (Lipinski definition) is 3. The van der Waals surface area contributed by atoms with Gasteiger partial charge in [-0.05, 0) is 59.2 Å². The second-order valence-corrected chi connectivity index (χ2v) is 8.76. The Labute approximate surface area is 164 Å². The summed E-state index contributed by atoms with van der Waals surface area (Å²) < 4.78 is 33.3. The molecule has 0 saturated carbocycles. The maximum absolute atomic E-state index is 13.9. The summed E-state index contributed by atoms with van der Waals surface area (Å²) in [7, 11) is 0. The van der Waals surface area contributed by atoms with E-state index in [1.54, 1.807) is 47.6 Å². The van der Waals surface area contributed by atoms with Crippen molar-refractivity contribution in [3.8, 4) is 0 Å². The van der Waals surface area contributed by atoms with E-state index in [1.165, 1.54) is 21.9 Å². The number of amides is 2. The van der Waals surface area contributed by atoms with Crippen molar-refractivity contribution in [3.63, 3.8) is 0 Å². The predicted octanol–water partition coefficient (Wildman–Crippen LogP) is 4.22. The van der Waals surface area contributed by atoms with E-state index in [1.807, 2.05) is 0 Å². The number of benzene rings is 1. The lowest BCUT2D eigenvalue weighted by Crippen LogP contribution is -2.71. The van der Waals surface area contributed by atoms with E-state index in [2.05, 4.69) is 6.58 Å². The van der Waals surface area contributed by atoms with Gasteiger partial charge in [-0.3, -0.25) is 9.69 Å². The molecule has 0 N–H and O–H groups in total. The van der Waals surface area contributed by atoms with Gasteiger partial charge in [0.05, 0.1) is 12.1 Å². The molecular weight excluding hydrogens is 366 g/mol. The van der Waals surface area contributed by atoms with Crippen LogP contribution in [0.2, 0.25) is 0 Å². The van der Waals surface area contributed by atoms with E-state index in [0.29, 0.717) is 0 Å². The predicted molar refractivity (Wildman–Crippen MR) is 103 cm³/mol. The summed E-state index contributed by atoms with van der Waals surface area (Å²) in [5.74, 6) is -1.87. The third-order valence-electron chi connectivity index (χ3n) is 4.92. The molecular formula is C21H28F2N2O3. The maximum atomic E-state index is 13.9.